The molecule has 1 N–H and O–H groups in total. The van der Waals surface area contributed by atoms with Gasteiger partial charge in [0.15, 0.2) is 10.8 Å². The fourth-order valence-corrected chi connectivity index (χ4v) is 3.83. The van der Waals surface area contributed by atoms with Crippen molar-refractivity contribution in [1.82, 2.24) is 29.9 Å². The Morgan fingerprint density at radius 3 is 2.70 bits per heavy atom. The number of nitrogens with zero attached hydrogens (tertiary/aromatic N) is 5. The molecule has 0 unspecified atom stereocenters. The number of hydrogen-bond donors (Lipinski definition) is 1. The second-order valence-electron chi connectivity index (χ2n) is 6.28. The average molecular weight is 437 g/mol. The third kappa shape index (κ3) is 3.49. The normalized spacial score (nSPS) is 11.2. The molecule has 8 nitrogen and oxygen atoms in total. The van der Waals surface area contributed by atoms with Gasteiger partial charge in [0.1, 0.15) is 5.39 Å². The van der Waals surface area contributed by atoms with Crippen LogP contribution in [0.25, 0.3) is 28.1 Å². The molecule has 0 saturated carbocycles. The standard InChI is InChI=1S/C20H13ClN6O2S/c21-15-9-5-4-8-13(15)17-23-16(29-26-17)11-30-20-24-18-14(19(28)25-20)10-22-27(18)12-6-2-1-3-7-12/h1-10H,11H2,(H,24,25,28). The van der Waals surface area contributed by atoms with Gasteiger partial charge in [-0.2, -0.15) is 10.1 Å². The smallest absolute Gasteiger partial charge is 0.262 e. The van der Waals surface area contributed by atoms with Crippen LogP contribution in [0.3, 0.4) is 0 Å². The fourth-order valence-electron chi connectivity index (χ4n) is 2.92. The average Bonchev–Trinajstić information content (AvgIpc) is 3.41. The first kappa shape index (κ1) is 18.6. The molecule has 148 valence electrons. The minimum atomic E-state index is -0.257. The number of aromatic nitrogens is 6. The SMILES string of the molecule is O=c1[nH]c(SCc2nc(-c3ccccc3Cl)no2)nc2c1cnn2-c1ccccc1. The number of H-pyrrole nitrogens is 1. The first-order valence-electron chi connectivity index (χ1n) is 8.93. The van der Waals surface area contributed by atoms with Crippen LogP contribution in [0, 0.1) is 0 Å². The molecule has 0 fully saturated rings. The topological polar surface area (TPSA) is 102 Å². The van der Waals surface area contributed by atoms with Gasteiger partial charge in [0.05, 0.1) is 22.7 Å². The van der Waals surface area contributed by atoms with E-state index in [1.54, 1.807) is 10.7 Å². The number of thioether (sulfide) groups is 1. The number of fused-ring (bicyclic) bond motifs is 1. The van der Waals surface area contributed by atoms with E-state index in [9.17, 15) is 4.79 Å². The van der Waals surface area contributed by atoms with Crippen LogP contribution in [-0.2, 0) is 5.75 Å². The third-order valence-electron chi connectivity index (χ3n) is 4.33. The molecular weight excluding hydrogens is 424 g/mol. The molecule has 0 aliphatic carbocycles. The first-order valence-corrected chi connectivity index (χ1v) is 10.3. The molecule has 0 spiro atoms. The third-order valence-corrected chi connectivity index (χ3v) is 5.52. The van der Waals surface area contributed by atoms with Crippen molar-refractivity contribution in [3.05, 3.63) is 82.1 Å². The maximum atomic E-state index is 12.5. The van der Waals surface area contributed by atoms with E-state index in [2.05, 4.69) is 25.2 Å². The second kappa shape index (κ2) is 7.77. The number of hydrogen-bond acceptors (Lipinski definition) is 7. The highest BCUT2D eigenvalue weighted by Crippen LogP contribution is 2.26. The summed E-state index contributed by atoms with van der Waals surface area (Å²) in [6.07, 6.45) is 1.51. The summed E-state index contributed by atoms with van der Waals surface area (Å²) in [6, 6.07) is 16.8. The van der Waals surface area contributed by atoms with Crippen molar-refractivity contribution in [2.45, 2.75) is 10.9 Å². The number of benzene rings is 2. The van der Waals surface area contributed by atoms with Crippen LogP contribution < -0.4 is 5.56 Å². The summed E-state index contributed by atoms with van der Waals surface area (Å²) in [5, 5.41) is 9.68. The molecule has 2 aromatic carbocycles. The summed E-state index contributed by atoms with van der Waals surface area (Å²) in [6.45, 7) is 0. The highest BCUT2D eigenvalue weighted by molar-refractivity contribution is 7.98. The Morgan fingerprint density at radius 1 is 1.07 bits per heavy atom. The Balaban J connectivity index is 1.41. The van der Waals surface area contributed by atoms with Gasteiger partial charge in [0.2, 0.25) is 11.7 Å². The van der Waals surface area contributed by atoms with Gasteiger partial charge in [-0.25, -0.2) is 9.67 Å². The molecule has 10 heteroatoms. The highest BCUT2D eigenvalue weighted by atomic mass is 35.5. The van der Waals surface area contributed by atoms with E-state index in [0.29, 0.717) is 44.2 Å². The molecule has 30 heavy (non-hydrogen) atoms. The lowest BCUT2D eigenvalue weighted by Gasteiger charge is -2.03. The van der Waals surface area contributed by atoms with Crippen LogP contribution in [0.4, 0.5) is 0 Å². The van der Waals surface area contributed by atoms with E-state index < -0.39 is 0 Å². The molecule has 0 saturated heterocycles. The van der Waals surface area contributed by atoms with Crippen molar-refractivity contribution in [3.8, 4) is 17.1 Å². The van der Waals surface area contributed by atoms with Crippen molar-refractivity contribution in [1.29, 1.82) is 0 Å². The van der Waals surface area contributed by atoms with Gasteiger partial charge in [-0.1, -0.05) is 58.9 Å². The van der Waals surface area contributed by atoms with Crippen LogP contribution in [-0.4, -0.2) is 29.9 Å². The molecule has 0 aliphatic rings. The molecule has 0 aliphatic heterocycles. The minimum Gasteiger partial charge on any atom is -0.338 e. The zero-order valence-electron chi connectivity index (χ0n) is 15.3. The quantitative estimate of drug-likeness (QED) is 0.326. The molecule has 5 rings (SSSR count). The molecule has 0 amide bonds. The largest absolute Gasteiger partial charge is 0.338 e. The van der Waals surface area contributed by atoms with Gasteiger partial charge >= 0.3 is 0 Å². The van der Waals surface area contributed by atoms with Gasteiger partial charge in [0.25, 0.3) is 5.56 Å². The van der Waals surface area contributed by atoms with Crippen LogP contribution in [0.1, 0.15) is 5.89 Å². The summed E-state index contributed by atoms with van der Waals surface area (Å²) in [4.78, 5) is 24.2. The summed E-state index contributed by atoms with van der Waals surface area (Å²) < 4.78 is 6.95. The number of nitrogens with one attached hydrogen (secondary N) is 1. The fraction of sp³-hybridized carbons (Fsp3) is 0.0500. The number of rotatable bonds is 5. The summed E-state index contributed by atoms with van der Waals surface area (Å²) >= 11 is 7.47. The van der Waals surface area contributed by atoms with Gasteiger partial charge in [-0.15, -0.1) is 0 Å². The van der Waals surface area contributed by atoms with Crippen LogP contribution in [0.5, 0.6) is 0 Å². The van der Waals surface area contributed by atoms with E-state index in [1.807, 2.05) is 48.5 Å². The molecule has 3 heterocycles. The molecule has 0 bridgehead atoms. The van der Waals surface area contributed by atoms with Gasteiger partial charge in [0, 0.05) is 5.56 Å². The van der Waals surface area contributed by atoms with Crippen LogP contribution in [0.2, 0.25) is 5.02 Å². The Bertz CT molecular complexity index is 1400. The Kier molecular flexibility index (Phi) is 4.82. The summed E-state index contributed by atoms with van der Waals surface area (Å²) in [7, 11) is 0. The van der Waals surface area contributed by atoms with Crippen molar-refractivity contribution in [2.75, 3.05) is 0 Å². The lowest BCUT2D eigenvalue weighted by Crippen LogP contribution is -2.09. The van der Waals surface area contributed by atoms with Gasteiger partial charge < -0.3 is 9.51 Å². The highest BCUT2D eigenvalue weighted by Gasteiger charge is 2.14. The van der Waals surface area contributed by atoms with E-state index in [-0.39, 0.29) is 5.56 Å². The van der Waals surface area contributed by atoms with Crippen molar-refractivity contribution in [2.24, 2.45) is 0 Å². The minimum absolute atomic E-state index is 0.257. The zero-order valence-corrected chi connectivity index (χ0v) is 16.9. The lowest BCUT2D eigenvalue weighted by atomic mass is 10.2. The molecule has 0 radical (unpaired) electrons. The predicted octanol–water partition coefficient (Wildman–Crippen LogP) is 4.10. The summed E-state index contributed by atoms with van der Waals surface area (Å²) in [5.41, 5.74) is 1.74. The van der Waals surface area contributed by atoms with Crippen molar-refractivity contribution >= 4 is 34.4 Å². The predicted molar refractivity (Wildman–Crippen MR) is 114 cm³/mol. The van der Waals surface area contributed by atoms with E-state index in [0.717, 1.165) is 5.69 Å². The van der Waals surface area contributed by atoms with Crippen LogP contribution in [0.15, 0.2) is 75.3 Å². The number of para-hydroxylation sites is 1. The molecular formula is C20H13ClN6O2S. The number of aromatic amines is 1. The van der Waals surface area contributed by atoms with E-state index >= 15 is 0 Å². The van der Waals surface area contributed by atoms with Crippen molar-refractivity contribution in [3.63, 3.8) is 0 Å². The summed E-state index contributed by atoms with van der Waals surface area (Å²) in [5.74, 6) is 1.15. The first-order chi connectivity index (χ1) is 14.7. The number of halogens is 1. The Labute approximate surface area is 178 Å². The monoisotopic (exact) mass is 436 g/mol. The maximum absolute atomic E-state index is 12.5. The molecule has 5 aromatic rings. The second-order valence-corrected chi connectivity index (χ2v) is 7.65. The van der Waals surface area contributed by atoms with Gasteiger partial charge in [-0.3, -0.25) is 4.79 Å². The Hall–Kier alpha value is -3.43. The van der Waals surface area contributed by atoms with E-state index in [1.165, 1.54) is 18.0 Å². The maximum Gasteiger partial charge on any atom is 0.262 e. The van der Waals surface area contributed by atoms with Gasteiger partial charge in [-0.05, 0) is 24.3 Å². The molecule has 0 atom stereocenters. The Morgan fingerprint density at radius 2 is 1.87 bits per heavy atom. The molecule has 3 aromatic heterocycles. The van der Waals surface area contributed by atoms with Crippen LogP contribution >= 0.6 is 23.4 Å². The lowest BCUT2D eigenvalue weighted by molar-refractivity contribution is 0.391. The van der Waals surface area contributed by atoms with Crippen molar-refractivity contribution < 1.29 is 4.52 Å². The zero-order chi connectivity index (χ0) is 20.5. The van der Waals surface area contributed by atoms with E-state index in [4.69, 9.17) is 16.1 Å².